The molecule has 1 N–H and O–H groups in total. The topological polar surface area (TPSA) is 47.0 Å². The highest BCUT2D eigenvalue weighted by Gasteiger charge is 2.16. The van der Waals surface area contributed by atoms with Gasteiger partial charge in [-0.3, -0.25) is 0 Å². The first kappa shape index (κ1) is 13.9. The van der Waals surface area contributed by atoms with E-state index in [1.165, 1.54) is 18.4 Å². The Kier molecular flexibility index (Phi) is 4.54. The summed E-state index contributed by atoms with van der Waals surface area (Å²) in [7, 11) is 0. The van der Waals surface area contributed by atoms with Crippen molar-refractivity contribution in [3.63, 3.8) is 0 Å². The SMILES string of the molecule is Cc1ccc(Nc2nnc(SC[C@H]3CCCO3)s2)cc1. The first-order chi connectivity index (χ1) is 9.79. The van der Waals surface area contributed by atoms with Gasteiger partial charge in [-0.2, -0.15) is 0 Å². The molecule has 0 radical (unpaired) electrons. The van der Waals surface area contributed by atoms with Gasteiger partial charge in [-0.15, -0.1) is 10.2 Å². The molecule has 1 aliphatic rings. The number of nitrogens with zero attached hydrogens (tertiary/aromatic N) is 2. The molecule has 106 valence electrons. The molecule has 4 nitrogen and oxygen atoms in total. The fourth-order valence-electron chi connectivity index (χ4n) is 2.02. The van der Waals surface area contributed by atoms with E-state index in [0.29, 0.717) is 6.10 Å². The normalized spacial score (nSPS) is 18.4. The smallest absolute Gasteiger partial charge is 0.210 e. The summed E-state index contributed by atoms with van der Waals surface area (Å²) >= 11 is 3.32. The van der Waals surface area contributed by atoms with Crippen LogP contribution >= 0.6 is 23.1 Å². The molecule has 6 heteroatoms. The standard InChI is InChI=1S/C14H17N3OS2/c1-10-4-6-11(7-5-10)15-13-16-17-14(20-13)19-9-12-3-2-8-18-12/h4-7,12H,2-3,8-9H2,1H3,(H,15,16)/t12-/m1/s1. The summed E-state index contributed by atoms with van der Waals surface area (Å²) in [6.45, 7) is 2.98. The number of benzene rings is 1. The zero-order valence-electron chi connectivity index (χ0n) is 11.3. The molecule has 20 heavy (non-hydrogen) atoms. The third-order valence-electron chi connectivity index (χ3n) is 3.13. The quantitative estimate of drug-likeness (QED) is 0.850. The van der Waals surface area contributed by atoms with Gasteiger partial charge >= 0.3 is 0 Å². The Morgan fingerprint density at radius 1 is 1.35 bits per heavy atom. The highest BCUT2D eigenvalue weighted by Crippen LogP contribution is 2.29. The zero-order valence-corrected chi connectivity index (χ0v) is 13.0. The Labute approximate surface area is 127 Å². The maximum Gasteiger partial charge on any atom is 0.210 e. The van der Waals surface area contributed by atoms with Crippen molar-refractivity contribution in [2.24, 2.45) is 0 Å². The Morgan fingerprint density at radius 3 is 2.95 bits per heavy atom. The van der Waals surface area contributed by atoms with Crippen LogP contribution in [0.1, 0.15) is 18.4 Å². The molecule has 1 aromatic heterocycles. The molecule has 1 fully saturated rings. The summed E-state index contributed by atoms with van der Waals surface area (Å²) in [5.74, 6) is 0.971. The summed E-state index contributed by atoms with van der Waals surface area (Å²) in [5.41, 5.74) is 2.29. The van der Waals surface area contributed by atoms with Gasteiger partial charge in [0.2, 0.25) is 5.13 Å². The molecule has 3 rings (SSSR count). The van der Waals surface area contributed by atoms with Crippen molar-refractivity contribution in [3.05, 3.63) is 29.8 Å². The van der Waals surface area contributed by atoms with Crippen molar-refractivity contribution in [3.8, 4) is 0 Å². The number of aryl methyl sites for hydroxylation is 1. The molecule has 0 aliphatic carbocycles. The lowest BCUT2D eigenvalue weighted by Gasteiger charge is -2.05. The second-order valence-electron chi connectivity index (χ2n) is 4.81. The fraction of sp³-hybridized carbons (Fsp3) is 0.429. The van der Waals surface area contributed by atoms with Gasteiger partial charge in [-0.1, -0.05) is 40.8 Å². The highest BCUT2D eigenvalue weighted by atomic mass is 32.2. The molecule has 1 aliphatic heterocycles. The Morgan fingerprint density at radius 2 is 2.20 bits per heavy atom. The summed E-state index contributed by atoms with van der Waals surface area (Å²) in [6.07, 6.45) is 2.74. The van der Waals surface area contributed by atoms with E-state index in [0.717, 1.165) is 27.5 Å². The lowest BCUT2D eigenvalue weighted by Crippen LogP contribution is -2.07. The second-order valence-corrected chi connectivity index (χ2v) is 7.05. The van der Waals surface area contributed by atoms with Crippen LogP contribution in [0.3, 0.4) is 0 Å². The van der Waals surface area contributed by atoms with Crippen molar-refractivity contribution >= 4 is 33.9 Å². The molecule has 2 heterocycles. The van der Waals surface area contributed by atoms with Crippen LogP contribution in [0.25, 0.3) is 0 Å². The van der Waals surface area contributed by atoms with Gasteiger partial charge in [0.25, 0.3) is 0 Å². The predicted octanol–water partition coefficient (Wildman–Crippen LogP) is 3.86. The molecular weight excluding hydrogens is 290 g/mol. The van der Waals surface area contributed by atoms with Crippen LogP contribution < -0.4 is 5.32 Å². The first-order valence-electron chi connectivity index (χ1n) is 6.71. The Bertz CT molecular complexity index is 550. The Balaban J connectivity index is 1.54. The molecule has 0 bridgehead atoms. The highest BCUT2D eigenvalue weighted by molar-refractivity contribution is 8.01. The van der Waals surface area contributed by atoms with E-state index in [-0.39, 0.29) is 0 Å². The molecule has 1 saturated heterocycles. The zero-order chi connectivity index (χ0) is 13.8. The first-order valence-corrected chi connectivity index (χ1v) is 8.51. The number of rotatable bonds is 5. The van der Waals surface area contributed by atoms with Gasteiger partial charge in [0.15, 0.2) is 4.34 Å². The molecule has 0 unspecified atom stereocenters. The lowest BCUT2D eigenvalue weighted by molar-refractivity contribution is 0.129. The summed E-state index contributed by atoms with van der Waals surface area (Å²) in [4.78, 5) is 0. The van der Waals surface area contributed by atoms with E-state index in [9.17, 15) is 0 Å². The number of hydrogen-bond acceptors (Lipinski definition) is 6. The van der Waals surface area contributed by atoms with Crippen molar-refractivity contribution in [1.82, 2.24) is 10.2 Å². The monoisotopic (exact) mass is 307 g/mol. The van der Waals surface area contributed by atoms with Gasteiger partial charge in [-0.05, 0) is 31.9 Å². The van der Waals surface area contributed by atoms with Crippen molar-refractivity contribution in [2.75, 3.05) is 17.7 Å². The van der Waals surface area contributed by atoms with E-state index >= 15 is 0 Å². The van der Waals surface area contributed by atoms with Crippen molar-refractivity contribution in [1.29, 1.82) is 0 Å². The van der Waals surface area contributed by atoms with Gasteiger partial charge in [0.05, 0.1) is 6.10 Å². The minimum absolute atomic E-state index is 0.386. The Hall–Kier alpha value is -1.11. The van der Waals surface area contributed by atoms with E-state index in [4.69, 9.17) is 4.74 Å². The van der Waals surface area contributed by atoms with Gasteiger partial charge in [0.1, 0.15) is 0 Å². The number of nitrogens with one attached hydrogen (secondary N) is 1. The van der Waals surface area contributed by atoms with Crippen LogP contribution in [-0.2, 0) is 4.74 Å². The lowest BCUT2D eigenvalue weighted by atomic mass is 10.2. The largest absolute Gasteiger partial charge is 0.377 e. The summed E-state index contributed by atoms with van der Waals surface area (Å²) in [5, 5.41) is 12.5. The predicted molar refractivity (Wildman–Crippen MR) is 84.1 cm³/mol. The van der Waals surface area contributed by atoms with Crippen molar-refractivity contribution < 1.29 is 4.74 Å². The van der Waals surface area contributed by atoms with Crippen LogP contribution in [0.4, 0.5) is 10.8 Å². The maximum absolute atomic E-state index is 5.61. The van der Waals surface area contributed by atoms with Crippen LogP contribution in [0.15, 0.2) is 28.6 Å². The minimum Gasteiger partial charge on any atom is -0.377 e. The number of thioether (sulfide) groups is 1. The average Bonchev–Trinajstić information content (AvgIpc) is 3.10. The molecule has 2 aromatic rings. The number of anilines is 2. The van der Waals surface area contributed by atoms with Gasteiger partial charge in [-0.25, -0.2) is 0 Å². The fourth-order valence-corrected chi connectivity index (χ4v) is 3.88. The third-order valence-corrected chi connectivity index (χ3v) is 5.23. The second kappa shape index (κ2) is 6.56. The van der Waals surface area contributed by atoms with E-state index in [1.807, 2.05) is 0 Å². The molecular formula is C14H17N3OS2. The van der Waals surface area contributed by atoms with Crippen LogP contribution in [0.2, 0.25) is 0 Å². The maximum atomic E-state index is 5.61. The van der Waals surface area contributed by atoms with Gasteiger partial charge < -0.3 is 10.1 Å². The van der Waals surface area contributed by atoms with Gasteiger partial charge in [0, 0.05) is 18.0 Å². The average molecular weight is 307 g/mol. The van der Waals surface area contributed by atoms with E-state index < -0.39 is 0 Å². The van der Waals surface area contributed by atoms with Crippen LogP contribution in [0.5, 0.6) is 0 Å². The van der Waals surface area contributed by atoms with Crippen LogP contribution in [-0.4, -0.2) is 28.7 Å². The minimum atomic E-state index is 0.386. The molecule has 0 amide bonds. The molecule has 1 aromatic carbocycles. The molecule has 1 atom stereocenters. The number of hydrogen-bond donors (Lipinski definition) is 1. The number of ether oxygens (including phenoxy) is 1. The third kappa shape index (κ3) is 3.71. The number of aromatic nitrogens is 2. The van der Waals surface area contributed by atoms with E-state index in [1.54, 1.807) is 23.1 Å². The van der Waals surface area contributed by atoms with Crippen LogP contribution in [0, 0.1) is 6.92 Å². The molecule has 0 spiro atoms. The van der Waals surface area contributed by atoms with E-state index in [2.05, 4.69) is 46.7 Å². The molecule has 0 saturated carbocycles. The van der Waals surface area contributed by atoms with Crippen molar-refractivity contribution in [2.45, 2.75) is 30.2 Å². The summed E-state index contributed by atoms with van der Waals surface area (Å²) < 4.78 is 6.60. The summed E-state index contributed by atoms with van der Waals surface area (Å²) in [6, 6.07) is 8.26.